The van der Waals surface area contributed by atoms with Crippen molar-refractivity contribution >= 4 is 40.2 Å². The minimum absolute atomic E-state index is 0. The summed E-state index contributed by atoms with van der Waals surface area (Å²) in [7, 11) is 0. The third-order valence-electron chi connectivity index (χ3n) is 3.54. The number of hydrogen-bond acceptors (Lipinski definition) is 3. The van der Waals surface area contributed by atoms with Crippen molar-refractivity contribution in [1.82, 2.24) is 4.98 Å². The Morgan fingerprint density at radius 1 is 1.14 bits per heavy atom. The van der Waals surface area contributed by atoms with Gasteiger partial charge in [0.05, 0.1) is 0 Å². The van der Waals surface area contributed by atoms with E-state index in [2.05, 4.69) is 4.98 Å². The molecule has 0 unspecified atom stereocenters. The Kier molecular flexibility index (Phi) is 4.49. The molecule has 1 heterocycles. The van der Waals surface area contributed by atoms with Gasteiger partial charge in [0, 0.05) is 21.8 Å². The molecule has 0 amide bonds. The van der Waals surface area contributed by atoms with Gasteiger partial charge in [-0.2, -0.15) is 0 Å². The van der Waals surface area contributed by atoms with E-state index in [4.69, 9.17) is 10.8 Å². The summed E-state index contributed by atoms with van der Waals surface area (Å²) in [5.74, 6) is -1.05. The maximum Gasteiger partial charge on any atom is 0.320 e. The molecular weight excluding hydrogens is 304 g/mol. The largest absolute Gasteiger partial charge is 0.480 e. The van der Waals surface area contributed by atoms with Crippen LogP contribution in [0.2, 0.25) is 0 Å². The molecule has 6 heteroatoms. The van der Waals surface area contributed by atoms with Crippen LogP contribution in [0.3, 0.4) is 0 Å². The van der Waals surface area contributed by atoms with E-state index in [1.54, 1.807) is 24.3 Å². The van der Waals surface area contributed by atoms with E-state index < -0.39 is 12.0 Å². The number of carboxylic acids is 1. The highest BCUT2D eigenvalue weighted by Crippen LogP contribution is 2.16. The van der Waals surface area contributed by atoms with Crippen molar-refractivity contribution in [3.8, 4) is 0 Å². The summed E-state index contributed by atoms with van der Waals surface area (Å²) >= 11 is 0. The van der Waals surface area contributed by atoms with Gasteiger partial charge in [-0.3, -0.25) is 9.59 Å². The summed E-state index contributed by atoms with van der Waals surface area (Å²) < 4.78 is 0. The molecule has 1 aromatic heterocycles. The third-order valence-corrected chi connectivity index (χ3v) is 3.54. The summed E-state index contributed by atoms with van der Waals surface area (Å²) in [6.45, 7) is 0. The van der Waals surface area contributed by atoms with E-state index in [0.717, 1.165) is 16.6 Å². The number of fused-ring (bicyclic) bond motifs is 2. The number of hydrogen-bond donors (Lipinski definition) is 3. The van der Waals surface area contributed by atoms with Crippen LogP contribution in [-0.4, -0.2) is 22.1 Å². The molecule has 0 bridgehead atoms. The van der Waals surface area contributed by atoms with E-state index in [0.29, 0.717) is 10.8 Å². The lowest BCUT2D eigenvalue weighted by atomic mass is 10.0. The van der Waals surface area contributed by atoms with Gasteiger partial charge in [-0.05, 0) is 36.2 Å². The molecule has 0 spiro atoms. The van der Waals surface area contributed by atoms with Gasteiger partial charge in [0.1, 0.15) is 6.04 Å². The fraction of sp³-hybridized carbons (Fsp3) is 0.125. The number of aliphatic carboxylic acids is 1. The van der Waals surface area contributed by atoms with Gasteiger partial charge in [-0.1, -0.05) is 18.2 Å². The predicted octanol–water partition coefficient (Wildman–Crippen LogP) is 2.06. The lowest BCUT2D eigenvalue weighted by molar-refractivity contribution is -0.138. The topological polar surface area (TPSA) is 96.2 Å². The number of para-hydroxylation sites is 1. The molecule has 3 rings (SSSR count). The quantitative estimate of drug-likeness (QED) is 0.644. The Hall–Kier alpha value is -2.37. The second-order valence-electron chi connectivity index (χ2n) is 5.03. The van der Waals surface area contributed by atoms with Crippen molar-refractivity contribution in [2.75, 3.05) is 0 Å². The number of aromatic nitrogens is 1. The van der Waals surface area contributed by atoms with Gasteiger partial charge in [-0.25, -0.2) is 0 Å². The zero-order chi connectivity index (χ0) is 15.0. The van der Waals surface area contributed by atoms with Crippen LogP contribution in [0.4, 0.5) is 0 Å². The first-order valence-electron chi connectivity index (χ1n) is 6.58. The predicted molar refractivity (Wildman–Crippen MR) is 88.6 cm³/mol. The van der Waals surface area contributed by atoms with E-state index in [-0.39, 0.29) is 24.3 Å². The summed E-state index contributed by atoms with van der Waals surface area (Å²) in [4.78, 5) is 26.5. The Balaban J connectivity index is 0.00000176. The normalized spacial score (nSPS) is 12.0. The molecule has 4 N–H and O–H groups in total. The minimum atomic E-state index is -1.05. The molecular formula is C16H15ClN2O3. The first kappa shape index (κ1) is 16.0. The van der Waals surface area contributed by atoms with Gasteiger partial charge in [0.15, 0.2) is 5.43 Å². The molecule has 0 fully saturated rings. The first-order chi connectivity index (χ1) is 10.1. The first-order valence-corrected chi connectivity index (χ1v) is 6.58. The number of carboxylic acid groups (broad SMARTS) is 1. The molecule has 5 nitrogen and oxygen atoms in total. The summed E-state index contributed by atoms with van der Waals surface area (Å²) in [5, 5.41) is 10.0. The Bertz CT molecular complexity index is 905. The Labute approximate surface area is 132 Å². The average molecular weight is 319 g/mol. The van der Waals surface area contributed by atoms with Gasteiger partial charge < -0.3 is 15.8 Å². The molecule has 0 radical (unpaired) electrons. The van der Waals surface area contributed by atoms with Crippen LogP contribution in [0.1, 0.15) is 5.56 Å². The molecule has 0 saturated heterocycles. The molecule has 0 aliphatic carbocycles. The highest BCUT2D eigenvalue weighted by molar-refractivity contribution is 5.92. The highest BCUT2D eigenvalue weighted by Gasteiger charge is 2.13. The zero-order valence-electron chi connectivity index (χ0n) is 11.6. The fourth-order valence-electron chi connectivity index (χ4n) is 2.44. The molecule has 22 heavy (non-hydrogen) atoms. The second-order valence-corrected chi connectivity index (χ2v) is 5.03. The number of pyridine rings is 1. The van der Waals surface area contributed by atoms with Crippen molar-refractivity contribution < 1.29 is 9.90 Å². The zero-order valence-corrected chi connectivity index (χ0v) is 12.4. The number of rotatable bonds is 3. The SMILES string of the molecule is Cl.N[C@@H](Cc1ccc2[nH]c3ccccc3c(=O)c2c1)C(=O)O. The number of aromatic amines is 1. The van der Waals surface area contributed by atoms with Crippen LogP contribution < -0.4 is 11.2 Å². The van der Waals surface area contributed by atoms with Gasteiger partial charge in [-0.15, -0.1) is 12.4 Å². The molecule has 0 aliphatic heterocycles. The Morgan fingerprint density at radius 2 is 1.82 bits per heavy atom. The Morgan fingerprint density at radius 3 is 2.55 bits per heavy atom. The number of nitrogens with one attached hydrogen (secondary N) is 1. The van der Waals surface area contributed by atoms with E-state index >= 15 is 0 Å². The third kappa shape index (κ3) is 2.81. The van der Waals surface area contributed by atoms with Gasteiger partial charge in [0.2, 0.25) is 0 Å². The summed E-state index contributed by atoms with van der Waals surface area (Å²) in [6, 6.07) is 11.6. The van der Waals surface area contributed by atoms with Crippen LogP contribution >= 0.6 is 12.4 Å². The van der Waals surface area contributed by atoms with Gasteiger partial charge >= 0.3 is 5.97 Å². The lowest BCUT2D eigenvalue weighted by Crippen LogP contribution is -2.32. The second kappa shape index (κ2) is 6.17. The molecule has 0 aliphatic rings. The van der Waals surface area contributed by atoms with Crippen molar-refractivity contribution in [3.05, 3.63) is 58.3 Å². The summed E-state index contributed by atoms with van der Waals surface area (Å²) in [6.07, 6.45) is 0.192. The number of benzene rings is 2. The van der Waals surface area contributed by atoms with Crippen LogP contribution in [0.25, 0.3) is 21.8 Å². The highest BCUT2D eigenvalue weighted by atomic mass is 35.5. The number of carbonyl (C=O) groups is 1. The van der Waals surface area contributed by atoms with Crippen molar-refractivity contribution in [1.29, 1.82) is 0 Å². The molecule has 114 valence electrons. The molecule has 2 aromatic carbocycles. The van der Waals surface area contributed by atoms with E-state index in [9.17, 15) is 9.59 Å². The van der Waals surface area contributed by atoms with E-state index in [1.165, 1.54) is 0 Å². The summed E-state index contributed by atoms with van der Waals surface area (Å²) in [5.41, 5.74) is 7.72. The number of halogens is 1. The van der Waals surface area contributed by atoms with E-state index in [1.807, 2.05) is 18.2 Å². The van der Waals surface area contributed by atoms with Crippen molar-refractivity contribution in [2.24, 2.45) is 5.73 Å². The van der Waals surface area contributed by atoms with Crippen LogP contribution in [0.15, 0.2) is 47.3 Å². The van der Waals surface area contributed by atoms with Crippen LogP contribution in [0.5, 0.6) is 0 Å². The fourth-order valence-corrected chi connectivity index (χ4v) is 2.44. The maximum absolute atomic E-state index is 12.5. The molecule has 3 aromatic rings. The maximum atomic E-state index is 12.5. The monoisotopic (exact) mass is 318 g/mol. The average Bonchev–Trinajstić information content (AvgIpc) is 2.48. The van der Waals surface area contributed by atoms with Gasteiger partial charge in [0.25, 0.3) is 0 Å². The smallest absolute Gasteiger partial charge is 0.320 e. The lowest BCUT2D eigenvalue weighted by Gasteiger charge is -2.08. The molecule has 0 saturated carbocycles. The number of H-pyrrole nitrogens is 1. The standard InChI is InChI=1S/C16H14N2O3.ClH/c17-12(16(20)21)8-9-5-6-14-11(7-9)15(19)10-3-1-2-4-13(10)18-14;/h1-7,12H,8,17H2,(H,18,19)(H,20,21);1H/t12-;/m0./s1. The van der Waals surface area contributed by atoms with Crippen molar-refractivity contribution in [3.63, 3.8) is 0 Å². The van der Waals surface area contributed by atoms with Crippen molar-refractivity contribution in [2.45, 2.75) is 12.5 Å². The minimum Gasteiger partial charge on any atom is -0.480 e. The van der Waals surface area contributed by atoms with Crippen LogP contribution in [0, 0.1) is 0 Å². The molecule has 1 atom stereocenters. The number of nitrogens with two attached hydrogens (primary N) is 1. The van der Waals surface area contributed by atoms with Crippen LogP contribution in [-0.2, 0) is 11.2 Å².